The summed E-state index contributed by atoms with van der Waals surface area (Å²) >= 11 is 0. The van der Waals surface area contributed by atoms with E-state index in [0.717, 1.165) is 26.2 Å². The summed E-state index contributed by atoms with van der Waals surface area (Å²) in [6.07, 6.45) is 1.09. The predicted octanol–water partition coefficient (Wildman–Crippen LogP) is 2.28. The van der Waals surface area contributed by atoms with E-state index in [9.17, 15) is 0 Å². The fourth-order valence-corrected chi connectivity index (χ4v) is 2.86. The molecule has 3 nitrogen and oxygen atoms in total. The van der Waals surface area contributed by atoms with E-state index < -0.39 is 0 Å². The summed E-state index contributed by atoms with van der Waals surface area (Å²) in [4.78, 5) is 2.31. The predicted molar refractivity (Wildman–Crippen MR) is 79.6 cm³/mol. The Morgan fingerprint density at radius 2 is 2.16 bits per heavy atom. The van der Waals surface area contributed by atoms with Crippen molar-refractivity contribution in [1.29, 1.82) is 0 Å². The van der Waals surface area contributed by atoms with Crippen LogP contribution in [0.15, 0.2) is 18.2 Å². The van der Waals surface area contributed by atoms with Crippen LogP contribution in [0.5, 0.6) is 0 Å². The van der Waals surface area contributed by atoms with E-state index in [2.05, 4.69) is 56.4 Å². The summed E-state index contributed by atoms with van der Waals surface area (Å²) in [5.74, 6) is 0. The molecule has 1 aromatic rings. The van der Waals surface area contributed by atoms with Crippen molar-refractivity contribution in [1.82, 2.24) is 10.2 Å². The van der Waals surface area contributed by atoms with Crippen LogP contribution < -0.4 is 5.32 Å². The molecule has 2 rings (SSSR count). The van der Waals surface area contributed by atoms with Crippen LogP contribution in [-0.2, 0) is 4.74 Å². The van der Waals surface area contributed by atoms with Crippen LogP contribution in [0.4, 0.5) is 0 Å². The number of benzene rings is 1. The third-order valence-corrected chi connectivity index (χ3v) is 3.91. The molecule has 19 heavy (non-hydrogen) atoms. The second-order valence-corrected chi connectivity index (χ2v) is 5.80. The lowest BCUT2D eigenvalue weighted by molar-refractivity contribution is 0.0647. The first-order valence-corrected chi connectivity index (χ1v) is 7.12. The number of rotatable bonds is 4. The molecular formula is C16H26N2O. The smallest absolute Gasteiger partial charge is 0.0620 e. The van der Waals surface area contributed by atoms with Gasteiger partial charge < -0.3 is 15.0 Å². The second kappa shape index (κ2) is 6.51. The van der Waals surface area contributed by atoms with Gasteiger partial charge >= 0.3 is 0 Å². The average molecular weight is 262 g/mol. The van der Waals surface area contributed by atoms with E-state index >= 15 is 0 Å². The Morgan fingerprint density at radius 1 is 1.37 bits per heavy atom. The molecule has 1 N–H and O–H groups in total. The molecule has 0 saturated carbocycles. The lowest BCUT2D eigenvalue weighted by Gasteiger charge is -2.32. The number of aryl methyl sites for hydroxylation is 2. The summed E-state index contributed by atoms with van der Waals surface area (Å²) < 4.78 is 5.57. The zero-order chi connectivity index (χ0) is 13.8. The SMILES string of the molecule is Cc1ccc(C(CC2COCCN2)N(C)C)c(C)c1. The van der Waals surface area contributed by atoms with Crippen molar-refractivity contribution in [3.05, 3.63) is 34.9 Å². The van der Waals surface area contributed by atoms with Crippen molar-refractivity contribution >= 4 is 0 Å². The van der Waals surface area contributed by atoms with Gasteiger partial charge in [0.15, 0.2) is 0 Å². The van der Waals surface area contributed by atoms with E-state index in [-0.39, 0.29) is 0 Å². The number of hydrogen-bond donors (Lipinski definition) is 1. The fourth-order valence-electron chi connectivity index (χ4n) is 2.86. The van der Waals surface area contributed by atoms with Crippen molar-refractivity contribution in [3.8, 4) is 0 Å². The van der Waals surface area contributed by atoms with E-state index in [0.29, 0.717) is 12.1 Å². The molecule has 0 amide bonds. The standard InChI is InChI=1S/C16H26N2O/c1-12-5-6-15(13(2)9-12)16(18(3)4)10-14-11-19-8-7-17-14/h5-6,9,14,16-17H,7-8,10-11H2,1-4H3. The number of nitrogens with one attached hydrogen (secondary N) is 1. The summed E-state index contributed by atoms with van der Waals surface area (Å²) in [5, 5.41) is 3.55. The Balaban J connectivity index is 2.14. The quantitative estimate of drug-likeness (QED) is 0.901. The Morgan fingerprint density at radius 3 is 2.74 bits per heavy atom. The van der Waals surface area contributed by atoms with Gasteiger partial charge in [-0.2, -0.15) is 0 Å². The second-order valence-electron chi connectivity index (χ2n) is 5.80. The molecule has 106 valence electrons. The molecule has 1 saturated heterocycles. The van der Waals surface area contributed by atoms with E-state index in [1.807, 2.05) is 0 Å². The largest absolute Gasteiger partial charge is 0.379 e. The molecule has 0 spiro atoms. The molecule has 0 bridgehead atoms. The highest BCUT2D eigenvalue weighted by Gasteiger charge is 2.22. The fraction of sp³-hybridized carbons (Fsp3) is 0.625. The molecule has 0 radical (unpaired) electrons. The molecule has 2 unspecified atom stereocenters. The first kappa shape index (κ1) is 14.5. The molecule has 1 aromatic carbocycles. The van der Waals surface area contributed by atoms with Crippen LogP contribution in [0.1, 0.15) is 29.2 Å². The van der Waals surface area contributed by atoms with Crippen molar-refractivity contribution < 1.29 is 4.74 Å². The van der Waals surface area contributed by atoms with Gasteiger partial charge in [0.05, 0.1) is 13.2 Å². The molecule has 1 aliphatic heterocycles. The minimum atomic E-state index is 0.444. The highest BCUT2D eigenvalue weighted by atomic mass is 16.5. The van der Waals surface area contributed by atoms with E-state index in [1.165, 1.54) is 16.7 Å². The Kier molecular flexibility index (Phi) is 4.97. The molecule has 0 aromatic heterocycles. The maximum Gasteiger partial charge on any atom is 0.0620 e. The van der Waals surface area contributed by atoms with Crippen molar-refractivity contribution in [2.45, 2.75) is 32.4 Å². The summed E-state index contributed by atoms with van der Waals surface area (Å²) in [6, 6.07) is 7.67. The van der Waals surface area contributed by atoms with Crippen molar-refractivity contribution in [2.24, 2.45) is 0 Å². The number of nitrogens with zero attached hydrogens (tertiary/aromatic N) is 1. The topological polar surface area (TPSA) is 24.5 Å². The molecule has 3 heteroatoms. The molecule has 2 atom stereocenters. The monoisotopic (exact) mass is 262 g/mol. The third-order valence-electron chi connectivity index (χ3n) is 3.91. The maximum atomic E-state index is 5.57. The van der Waals surface area contributed by atoms with Gasteiger partial charge in [-0.1, -0.05) is 23.8 Å². The van der Waals surface area contributed by atoms with E-state index in [1.54, 1.807) is 0 Å². The first-order chi connectivity index (χ1) is 9.08. The molecule has 1 aliphatic rings. The van der Waals surface area contributed by atoms with Gasteiger partial charge in [0.25, 0.3) is 0 Å². The van der Waals surface area contributed by atoms with Crippen LogP contribution in [0.2, 0.25) is 0 Å². The minimum Gasteiger partial charge on any atom is -0.379 e. The summed E-state index contributed by atoms with van der Waals surface area (Å²) in [5.41, 5.74) is 4.15. The highest BCUT2D eigenvalue weighted by molar-refractivity contribution is 5.33. The zero-order valence-electron chi connectivity index (χ0n) is 12.6. The summed E-state index contributed by atoms with van der Waals surface area (Å²) in [6.45, 7) is 7.00. The van der Waals surface area contributed by atoms with Gasteiger partial charge in [-0.3, -0.25) is 0 Å². The van der Waals surface area contributed by atoms with Crippen LogP contribution >= 0.6 is 0 Å². The number of hydrogen-bond acceptors (Lipinski definition) is 3. The van der Waals surface area contributed by atoms with Gasteiger partial charge in [-0.25, -0.2) is 0 Å². The average Bonchev–Trinajstić information content (AvgIpc) is 2.38. The van der Waals surface area contributed by atoms with Crippen LogP contribution in [-0.4, -0.2) is 44.8 Å². The Labute approximate surface area is 116 Å². The Bertz CT molecular complexity index is 411. The minimum absolute atomic E-state index is 0.444. The summed E-state index contributed by atoms with van der Waals surface area (Å²) in [7, 11) is 4.32. The lowest BCUT2D eigenvalue weighted by Crippen LogP contribution is -2.43. The lowest BCUT2D eigenvalue weighted by atomic mass is 9.93. The van der Waals surface area contributed by atoms with Crippen LogP contribution in [0.3, 0.4) is 0 Å². The molecule has 0 aliphatic carbocycles. The molecule has 1 heterocycles. The van der Waals surface area contributed by atoms with Gasteiger partial charge in [-0.05, 0) is 45.5 Å². The zero-order valence-corrected chi connectivity index (χ0v) is 12.6. The van der Waals surface area contributed by atoms with Crippen LogP contribution in [0, 0.1) is 13.8 Å². The first-order valence-electron chi connectivity index (χ1n) is 7.12. The number of morpholine rings is 1. The van der Waals surface area contributed by atoms with E-state index in [4.69, 9.17) is 4.74 Å². The molecular weight excluding hydrogens is 236 g/mol. The normalized spacial score (nSPS) is 21.6. The van der Waals surface area contributed by atoms with Crippen molar-refractivity contribution in [3.63, 3.8) is 0 Å². The van der Waals surface area contributed by atoms with Gasteiger partial charge in [0.2, 0.25) is 0 Å². The van der Waals surface area contributed by atoms with Gasteiger partial charge in [0.1, 0.15) is 0 Å². The highest BCUT2D eigenvalue weighted by Crippen LogP contribution is 2.27. The van der Waals surface area contributed by atoms with Crippen molar-refractivity contribution in [2.75, 3.05) is 33.9 Å². The van der Waals surface area contributed by atoms with Gasteiger partial charge in [0, 0.05) is 18.6 Å². The van der Waals surface area contributed by atoms with Gasteiger partial charge in [-0.15, -0.1) is 0 Å². The number of ether oxygens (including phenoxy) is 1. The molecule has 1 fully saturated rings. The Hall–Kier alpha value is -0.900. The maximum absolute atomic E-state index is 5.57. The third kappa shape index (κ3) is 3.78. The van der Waals surface area contributed by atoms with Crippen LogP contribution in [0.25, 0.3) is 0 Å².